The first kappa shape index (κ1) is 25.5. The van der Waals surface area contributed by atoms with E-state index in [0.717, 1.165) is 30.1 Å². The van der Waals surface area contributed by atoms with Gasteiger partial charge in [-0.1, -0.05) is 98.1 Å². The van der Waals surface area contributed by atoms with Crippen LogP contribution in [0.15, 0.2) is 36.0 Å². The largest absolute Gasteiger partial charge is 0.0988 e. The fourth-order valence-electron chi connectivity index (χ4n) is 5.97. The SMILES string of the molecule is C=C/C(=C/C=C1\CCCC2(C)C(CCCC(C)C(C)C)CCC12)CCC(C)(C)CC. The summed E-state index contributed by atoms with van der Waals surface area (Å²) in [5, 5.41) is 0. The molecule has 0 amide bonds. The number of rotatable bonds is 11. The van der Waals surface area contributed by atoms with Crippen LogP contribution in [0.1, 0.15) is 119 Å². The van der Waals surface area contributed by atoms with Gasteiger partial charge in [0.05, 0.1) is 0 Å². The Morgan fingerprint density at radius 1 is 1.23 bits per heavy atom. The van der Waals surface area contributed by atoms with Crippen molar-refractivity contribution in [1.82, 2.24) is 0 Å². The quantitative estimate of drug-likeness (QED) is 0.296. The molecule has 0 nitrogen and oxygen atoms in total. The van der Waals surface area contributed by atoms with E-state index < -0.39 is 0 Å². The minimum atomic E-state index is 0.435. The van der Waals surface area contributed by atoms with Gasteiger partial charge in [0.1, 0.15) is 0 Å². The molecule has 0 heteroatoms. The molecule has 0 N–H and O–H groups in total. The molecule has 2 aliphatic carbocycles. The molecule has 2 rings (SSSR count). The summed E-state index contributed by atoms with van der Waals surface area (Å²) in [4.78, 5) is 0. The van der Waals surface area contributed by atoms with E-state index in [4.69, 9.17) is 0 Å². The molecule has 0 aromatic heterocycles. The zero-order chi connectivity index (χ0) is 22.4. The van der Waals surface area contributed by atoms with Gasteiger partial charge in [-0.15, -0.1) is 0 Å². The normalized spacial score (nSPS) is 30.0. The molecule has 0 saturated heterocycles. The van der Waals surface area contributed by atoms with E-state index in [2.05, 4.69) is 73.3 Å². The van der Waals surface area contributed by atoms with Crippen LogP contribution < -0.4 is 0 Å². The molecular formula is C30H52. The van der Waals surface area contributed by atoms with E-state index in [0.29, 0.717) is 10.8 Å². The van der Waals surface area contributed by atoms with Crippen LogP contribution in [0.4, 0.5) is 0 Å². The molecule has 0 bridgehead atoms. The summed E-state index contributed by atoms with van der Waals surface area (Å²) in [6, 6.07) is 0. The van der Waals surface area contributed by atoms with Crippen LogP contribution in [0.25, 0.3) is 0 Å². The molecule has 2 aliphatic rings. The van der Waals surface area contributed by atoms with E-state index >= 15 is 0 Å². The second kappa shape index (κ2) is 11.2. The average Bonchev–Trinajstić information content (AvgIpc) is 3.04. The lowest BCUT2D eigenvalue weighted by molar-refractivity contribution is 0.125. The van der Waals surface area contributed by atoms with Gasteiger partial charge in [0.25, 0.3) is 0 Å². The van der Waals surface area contributed by atoms with Gasteiger partial charge < -0.3 is 0 Å². The Balaban J connectivity index is 2.01. The minimum absolute atomic E-state index is 0.435. The summed E-state index contributed by atoms with van der Waals surface area (Å²) in [7, 11) is 0. The second-order valence-electron chi connectivity index (χ2n) is 12.0. The second-order valence-corrected chi connectivity index (χ2v) is 12.0. The smallest absolute Gasteiger partial charge is 0.0143 e. The minimum Gasteiger partial charge on any atom is -0.0988 e. The lowest BCUT2D eigenvalue weighted by Crippen LogP contribution is -2.33. The van der Waals surface area contributed by atoms with E-state index in [1.807, 2.05) is 0 Å². The third kappa shape index (κ3) is 6.61. The molecule has 0 heterocycles. The molecular weight excluding hydrogens is 360 g/mol. The fourth-order valence-corrected chi connectivity index (χ4v) is 5.97. The Morgan fingerprint density at radius 3 is 2.60 bits per heavy atom. The molecule has 0 aromatic rings. The zero-order valence-electron chi connectivity index (χ0n) is 21.5. The monoisotopic (exact) mass is 412 g/mol. The van der Waals surface area contributed by atoms with Crippen molar-refractivity contribution in [2.45, 2.75) is 119 Å². The molecule has 4 atom stereocenters. The van der Waals surface area contributed by atoms with Gasteiger partial charge in [0.15, 0.2) is 0 Å². The van der Waals surface area contributed by atoms with E-state index in [1.54, 1.807) is 5.57 Å². The van der Waals surface area contributed by atoms with Gasteiger partial charge >= 0.3 is 0 Å². The van der Waals surface area contributed by atoms with Gasteiger partial charge in [-0.05, 0) is 91.4 Å². The highest BCUT2D eigenvalue weighted by Gasteiger charge is 2.48. The molecule has 4 unspecified atom stereocenters. The van der Waals surface area contributed by atoms with Gasteiger partial charge in [-0.25, -0.2) is 0 Å². The van der Waals surface area contributed by atoms with Crippen LogP contribution in [-0.4, -0.2) is 0 Å². The van der Waals surface area contributed by atoms with Crippen LogP contribution in [0.2, 0.25) is 0 Å². The average molecular weight is 413 g/mol. The van der Waals surface area contributed by atoms with Crippen molar-refractivity contribution in [2.75, 3.05) is 0 Å². The maximum atomic E-state index is 4.11. The third-order valence-corrected chi connectivity index (χ3v) is 9.33. The molecule has 0 aromatic carbocycles. The highest BCUT2D eigenvalue weighted by Crippen LogP contribution is 2.58. The van der Waals surface area contributed by atoms with E-state index in [1.165, 1.54) is 69.8 Å². The van der Waals surface area contributed by atoms with Crippen molar-refractivity contribution in [3.63, 3.8) is 0 Å². The topological polar surface area (TPSA) is 0 Å². The van der Waals surface area contributed by atoms with Crippen molar-refractivity contribution in [1.29, 1.82) is 0 Å². The first-order valence-corrected chi connectivity index (χ1v) is 13.1. The molecule has 172 valence electrons. The van der Waals surface area contributed by atoms with Crippen molar-refractivity contribution < 1.29 is 0 Å². The Labute approximate surface area is 189 Å². The van der Waals surface area contributed by atoms with Crippen LogP contribution in [0.5, 0.6) is 0 Å². The maximum Gasteiger partial charge on any atom is -0.0143 e. The van der Waals surface area contributed by atoms with Crippen molar-refractivity contribution in [3.05, 3.63) is 36.0 Å². The first-order chi connectivity index (χ1) is 14.1. The number of fused-ring (bicyclic) bond motifs is 1. The van der Waals surface area contributed by atoms with Crippen molar-refractivity contribution in [3.8, 4) is 0 Å². The lowest BCUT2D eigenvalue weighted by Gasteiger charge is -2.42. The van der Waals surface area contributed by atoms with Gasteiger partial charge in [-0.2, -0.15) is 0 Å². The summed E-state index contributed by atoms with van der Waals surface area (Å²) in [5.74, 6) is 3.47. The van der Waals surface area contributed by atoms with Crippen molar-refractivity contribution >= 4 is 0 Å². The standard InChI is InChI=1S/C30H52/c1-9-25(20-22-29(6,7)10-2)16-17-26-14-12-21-30(8)27(18-19-28(26)30)15-11-13-24(5)23(3)4/h9,16-17,23-24,27-28H,1,10-15,18-22H2,2-8H3/b25-16-,26-17+. The summed E-state index contributed by atoms with van der Waals surface area (Å²) >= 11 is 0. The molecule has 0 spiro atoms. The van der Waals surface area contributed by atoms with Gasteiger partial charge in [0, 0.05) is 0 Å². The summed E-state index contributed by atoms with van der Waals surface area (Å²) < 4.78 is 0. The maximum absolute atomic E-state index is 4.11. The van der Waals surface area contributed by atoms with E-state index in [-0.39, 0.29) is 0 Å². The molecule has 0 radical (unpaired) electrons. The predicted molar refractivity (Wildman–Crippen MR) is 136 cm³/mol. The highest BCUT2D eigenvalue weighted by atomic mass is 14.5. The highest BCUT2D eigenvalue weighted by molar-refractivity contribution is 5.28. The van der Waals surface area contributed by atoms with Crippen molar-refractivity contribution in [2.24, 2.45) is 34.5 Å². The lowest BCUT2D eigenvalue weighted by atomic mass is 9.62. The first-order valence-electron chi connectivity index (χ1n) is 13.1. The van der Waals surface area contributed by atoms with Crippen LogP contribution >= 0.6 is 0 Å². The zero-order valence-corrected chi connectivity index (χ0v) is 21.5. The predicted octanol–water partition coefficient (Wildman–Crippen LogP) is 9.92. The van der Waals surface area contributed by atoms with Crippen LogP contribution in [-0.2, 0) is 0 Å². The van der Waals surface area contributed by atoms with Crippen LogP contribution in [0.3, 0.4) is 0 Å². The number of hydrogen-bond acceptors (Lipinski definition) is 0. The Morgan fingerprint density at radius 2 is 1.97 bits per heavy atom. The summed E-state index contributed by atoms with van der Waals surface area (Å²) in [5.41, 5.74) is 4.16. The molecule has 2 fully saturated rings. The number of allylic oxidation sites excluding steroid dienone is 5. The fraction of sp³-hybridized carbons (Fsp3) is 0.800. The molecule has 2 saturated carbocycles. The Hall–Kier alpha value is -0.780. The van der Waals surface area contributed by atoms with E-state index in [9.17, 15) is 0 Å². The van der Waals surface area contributed by atoms with Crippen LogP contribution in [0, 0.1) is 34.5 Å². The molecule has 30 heavy (non-hydrogen) atoms. The summed E-state index contributed by atoms with van der Waals surface area (Å²) in [6.07, 6.45) is 22.0. The summed E-state index contributed by atoms with van der Waals surface area (Å²) in [6.45, 7) is 21.0. The Kier molecular flexibility index (Phi) is 9.51. The molecule has 0 aliphatic heterocycles. The van der Waals surface area contributed by atoms with Gasteiger partial charge in [-0.3, -0.25) is 0 Å². The Bertz CT molecular complexity index is 602. The van der Waals surface area contributed by atoms with Gasteiger partial charge in [0.2, 0.25) is 0 Å². The third-order valence-electron chi connectivity index (χ3n) is 9.33. The number of hydrogen-bond donors (Lipinski definition) is 0.